The van der Waals surface area contributed by atoms with Crippen molar-refractivity contribution in [3.63, 3.8) is 0 Å². The van der Waals surface area contributed by atoms with Crippen molar-refractivity contribution in [1.29, 1.82) is 0 Å². The van der Waals surface area contributed by atoms with E-state index in [1.54, 1.807) is 12.1 Å². The largest absolute Gasteiger partial charge is 0.381 e. The third-order valence-electron chi connectivity index (χ3n) is 6.25. The average Bonchev–Trinajstić information content (AvgIpc) is 3.30. The number of hydrogen-bond acceptors (Lipinski definition) is 5. The van der Waals surface area contributed by atoms with E-state index in [-0.39, 0.29) is 17.9 Å². The Morgan fingerprint density at radius 1 is 1.07 bits per heavy atom. The lowest BCUT2D eigenvalue weighted by Crippen LogP contribution is -2.56. The van der Waals surface area contributed by atoms with Gasteiger partial charge in [-0.05, 0) is 18.6 Å². The van der Waals surface area contributed by atoms with Crippen LogP contribution in [0.25, 0.3) is 0 Å². The molecule has 0 aromatic heterocycles. The summed E-state index contributed by atoms with van der Waals surface area (Å²) in [5.41, 5.74) is 0.612. The first-order chi connectivity index (χ1) is 14.2. The van der Waals surface area contributed by atoms with Gasteiger partial charge in [0.25, 0.3) is 0 Å². The molecular formula is C21H31FN4O3. The Labute approximate surface area is 171 Å². The predicted octanol–water partition coefficient (Wildman–Crippen LogP) is 1.39. The number of halogens is 1. The smallest absolute Gasteiger partial charge is 0.317 e. The zero-order valence-electron chi connectivity index (χ0n) is 16.9. The van der Waals surface area contributed by atoms with Gasteiger partial charge in [0.1, 0.15) is 5.82 Å². The number of benzene rings is 1. The second-order valence-electron chi connectivity index (χ2n) is 7.95. The average molecular weight is 407 g/mol. The molecule has 4 rings (SSSR count). The Morgan fingerprint density at radius 2 is 1.83 bits per heavy atom. The molecule has 1 aromatic carbocycles. The van der Waals surface area contributed by atoms with Crippen LogP contribution in [0.3, 0.4) is 0 Å². The number of nitrogens with zero attached hydrogens (tertiary/aromatic N) is 3. The summed E-state index contributed by atoms with van der Waals surface area (Å²) >= 11 is 0. The molecule has 1 N–H and O–H groups in total. The molecule has 160 valence electrons. The van der Waals surface area contributed by atoms with Gasteiger partial charge in [-0.1, -0.05) is 12.1 Å². The molecule has 3 fully saturated rings. The van der Waals surface area contributed by atoms with Gasteiger partial charge in [0.2, 0.25) is 0 Å². The summed E-state index contributed by atoms with van der Waals surface area (Å²) in [5, 5.41) is 3.15. The fraction of sp³-hybridized carbons (Fsp3) is 0.667. The minimum Gasteiger partial charge on any atom is -0.381 e. The summed E-state index contributed by atoms with van der Waals surface area (Å²) in [6, 6.07) is 7.06. The van der Waals surface area contributed by atoms with Crippen LogP contribution >= 0.6 is 0 Å². The lowest BCUT2D eigenvalue weighted by Gasteiger charge is -2.39. The van der Waals surface area contributed by atoms with Crippen molar-refractivity contribution in [2.75, 3.05) is 77.1 Å². The molecule has 0 spiro atoms. The molecule has 8 heteroatoms. The van der Waals surface area contributed by atoms with Crippen molar-refractivity contribution in [3.05, 3.63) is 30.1 Å². The molecule has 29 heavy (non-hydrogen) atoms. The van der Waals surface area contributed by atoms with Gasteiger partial charge in [-0.15, -0.1) is 0 Å². The number of amides is 2. The summed E-state index contributed by atoms with van der Waals surface area (Å²) in [5.74, 6) is 0.240. The van der Waals surface area contributed by atoms with E-state index >= 15 is 0 Å². The molecule has 0 aliphatic carbocycles. The van der Waals surface area contributed by atoms with Gasteiger partial charge in [-0.3, -0.25) is 4.90 Å². The maximum absolute atomic E-state index is 14.0. The lowest BCUT2D eigenvalue weighted by atomic mass is 9.97. The highest BCUT2D eigenvalue weighted by molar-refractivity contribution is 5.74. The first-order valence-corrected chi connectivity index (χ1v) is 10.6. The Morgan fingerprint density at radius 3 is 2.52 bits per heavy atom. The molecule has 3 aliphatic heterocycles. The van der Waals surface area contributed by atoms with Gasteiger partial charge >= 0.3 is 6.03 Å². The number of anilines is 1. The van der Waals surface area contributed by atoms with E-state index in [0.29, 0.717) is 44.3 Å². The second kappa shape index (κ2) is 9.73. The number of nitrogens with one attached hydrogen (secondary N) is 1. The summed E-state index contributed by atoms with van der Waals surface area (Å²) in [6.45, 7) is 7.94. The fourth-order valence-electron chi connectivity index (χ4n) is 4.52. The number of rotatable bonds is 5. The molecule has 3 saturated heterocycles. The predicted molar refractivity (Wildman–Crippen MR) is 109 cm³/mol. The molecule has 2 atom stereocenters. The molecular weight excluding hydrogens is 375 g/mol. The monoisotopic (exact) mass is 406 g/mol. The first-order valence-electron chi connectivity index (χ1n) is 10.6. The van der Waals surface area contributed by atoms with Crippen molar-refractivity contribution in [1.82, 2.24) is 15.1 Å². The maximum Gasteiger partial charge on any atom is 0.317 e. The normalized spacial score (nSPS) is 24.5. The number of piperazine rings is 1. The van der Waals surface area contributed by atoms with E-state index in [2.05, 4.69) is 10.2 Å². The SMILES string of the molecule is O=C(NC[C@@H]([C@@H]1CCOC1)N1CCOCC1)N1CCN(c2ccccc2F)CC1. The van der Waals surface area contributed by atoms with Crippen molar-refractivity contribution >= 4 is 11.7 Å². The number of carbonyl (C=O) groups is 1. The number of ether oxygens (including phenoxy) is 2. The first kappa shape index (κ1) is 20.4. The van der Waals surface area contributed by atoms with Gasteiger partial charge in [0, 0.05) is 64.4 Å². The van der Waals surface area contributed by atoms with E-state index in [1.807, 2.05) is 15.9 Å². The zero-order chi connectivity index (χ0) is 20.1. The molecule has 0 saturated carbocycles. The maximum atomic E-state index is 14.0. The van der Waals surface area contributed by atoms with E-state index in [0.717, 1.165) is 45.9 Å². The Hall–Kier alpha value is -1.90. The van der Waals surface area contributed by atoms with Crippen LogP contribution in [-0.2, 0) is 9.47 Å². The van der Waals surface area contributed by atoms with Crippen LogP contribution in [0.5, 0.6) is 0 Å². The van der Waals surface area contributed by atoms with Crippen LogP contribution in [0.4, 0.5) is 14.9 Å². The van der Waals surface area contributed by atoms with Crippen molar-refractivity contribution in [2.45, 2.75) is 12.5 Å². The number of para-hydroxylation sites is 1. The van der Waals surface area contributed by atoms with E-state index in [4.69, 9.17) is 9.47 Å². The van der Waals surface area contributed by atoms with E-state index in [1.165, 1.54) is 6.07 Å². The molecule has 3 heterocycles. The van der Waals surface area contributed by atoms with Crippen LogP contribution in [0.2, 0.25) is 0 Å². The standard InChI is InChI=1S/C21H31FN4O3/c22-18-3-1-2-4-19(18)24-6-8-26(9-7-24)21(27)23-15-20(17-5-12-29-16-17)25-10-13-28-14-11-25/h1-4,17,20H,5-16H2,(H,23,27)/t17-,20+/m1/s1. The Kier molecular flexibility index (Phi) is 6.84. The zero-order valence-corrected chi connectivity index (χ0v) is 16.9. The second-order valence-corrected chi connectivity index (χ2v) is 7.95. The minimum absolute atomic E-state index is 0.0321. The van der Waals surface area contributed by atoms with Gasteiger partial charge in [-0.2, -0.15) is 0 Å². The topological polar surface area (TPSA) is 57.3 Å². The lowest BCUT2D eigenvalue weighted by molar-refractivity contribution is 0.00185. The summed E-state index contributed by atoms with van der Waals surface area (Å²) in [7, 11) is 0. The number of carbonyl (C=O) groups excluding carboxylic acids is 1. The quantitative estimate of drug-likeness (QED) is 0.801. The highest BCUT2D eigenvalue weighted by Crippen LogP contribution is 2.22. The third kappa shape index (κ3) is 4.99. The Bertz CT molecular complexity index is 672. The van der Waals surface area contributed by atoms with Gasteiger partial charge < -0.3 is 24.6 Å². The molecule has 3 aliphatic rings. The molecule has 0 unspecified atom stereocenters. The fourth-order valence-corrected chi connectivity index (χ4v) is 4.52. The van der Waals surface area contributed by atoms with Crippen LogP contribution in [-0.4, -0.2) is 94.1 Å². The van der Waals surface area contributed by atoms with Gasteiger partial charge in [-0.25, -0.2) is 9.18 Å². The minimum atomic E-state index is -0.211. The summed E-state index contributed by atoms with van der Waals surface area (Å²) in [4.78, 5) is 19.0. The number of hydrogen-bond donors (Lipinski definition) is 1. The number of morpholine rings is 1. The molecule has 0 bridgehead atoms. The molecule has 2 amide bonds. The highest BCUT2D eigenvalue weighted by atomic mass is 19.1. The van der Waals surface area contributed by atoms with Crippen LogP contribution in [0.15, 0.2) is 24.3 Å². The van der Waals surface area contributed by atoms with Crippen molar-refractivity contribution in [2.24, 2.45) is 5.92 Å². The van der Waals surface area contributed by atoms with Gasteiger partial charge in [0.15, 0.2) is 0 Å². The van der Waals surface area contributed by atoms with Crippen LogP contribution < -0.4 is 10.2 Å². The number of urea groups is 1. The molecule has 0 radical (unpaired) electrons. The summed E-state index contributed by atoms with van der Waals surface area (Å²) in [6.07, 6.45) is 1.04. The summed E-state index contributed by atoms with van der Waals surface area (Å²) < 4.78 is 25.1. The van der Waals surface area contributed by atoms with E-state index < -0.39 is 0 Å². The van der Waals surface area contributed by atoms with Gasteiger partial charge in [0.05, 0.1) is 25.5 Å². The van der Waals surface area contributed by atoms with Crippen molar-refractivity contribution < 1.29 is 18.7 Å². The highest BCUT2D eigenvalue weighted by Gasteiger charge is 2.32. The van der Waals surface area contributed by atoms with Crippen LogP contribution in [0.1, 0.15) is 6.42 Å². The Balaban J connectivity index is 1.29. The molecule has 7 nitrogen and oxygen atoms in total. The van der Waals surface area contributed by atoms with E-state index in [9.17, 15) is 9.18 Å². The molecule has 1 aromatic rings. The van der Waals surface area contributed by atoms with Crippen molar-refractivity contribution in [3.8, 4) is 0 Å². The third-order valence-corrected chi connectivity index (χ3v) is 6.25. The van der Waals surface area contributed by atoms with Crippen LogP contribution in [0, 0.1) is 11.7 Å².